The molecule has 4 nitrogen and oxygen atoms in total. The van der Waals surface area contributed by atoms with Crippen LogP contribution in [-0.4, -0.2) is 49.5 Å². The molecule has 0 spiro atoms. The second kappa shape index (κ2) is 8.22. The lowest BCUT2D eigenvalue weighted by molar-refractivity contribution is 0.0914. The van der Waals surface area contributed by atoms with E-state index < -0.39 is 0 Å². The molecule has 2 unspecified atom stereocenters. The molecule has 0 saturated carbocycles. The predicted octanol–water partition coefficient (Wildman–Crippen LogP) is 1.15. The Bertz CT molecular complexity index is 374. The maximum Gasteiger partial charge on any atom is 0.128 e. The Hall–Kier alpha value is -1.01. The van der Waals surface area contributed by atoms with E-state index in [1.54, 1.807) is 25.3 Å². The first-order valence-corrected chi connectivity index (χ1v) is 6.45. The Morgan fingerprint density at radius 2 is 2.05 bits per heavy atom. The van der Waals surface area contributed by atoms with E-state index in [0.29, 0.717) is 25.3 Å². The van der Waals surface area contributed by atoms with Crippen LogP contribution in [0.5, 0.6) is 0 Å². The second-order valence-electron chi connectivity index (χ2n) is 4.58. The number of hydrogen-bond donors (Lipinski definition) is 2. The fraction of sp³-hybridized carbons (Fsp3) is 0.571. The standard InChI is InChI=1S/C14H23FN2O2/c1-11(16)14(12-5-3-4-6-13(12)15)17(7-9-18)8-10-19-2/h3-6,11,14,18H,7-10,16H2,1-2H3. The minimum absolute atomic E-state index is 0.00138. The fourth-order valence-electron chi connectivity index (χ4n) is 2.25. The van der Waals surface area contributed by atoms with E-state index >= 15 is 0 Å². The van der Waals surface area contributed by atoms with Crippen LogP contribution in [-0.2, 0) is 4.74 Å². The molecule has 0 fully saturated rings. The summed E-state index contributed by atoms with van der Waals surface area (Å²) in [6.45, 7) is 3.38. The van der Waals surface area contributed by atoms with Gasteiger partial charge in [0.05, 0.1) is 19.3 Å². The van der Waals surface area contributed by atoms with Crippen LogP contribution in [0.15, 0.2) is 24.3 Å². The Balaban J connectivity index is 2.99. The van der Waals surface area contributed by atoms with Gasteiger partial charge in [-0.3, -0.25) is 4.90 Å². The Kier molecular flexibility index (Phi) is 6.94. The molecule has 0 aliphatic heterocycles. The molecule has 0 bridgehead atoms. The molecule has 2 atom stereocenters. The van der Waals surface area contributed by atoms with Gasteiger partial charge in [-0.1, -0.05) is 18.2 Å². The number of aliphatic hydroxyl groups is 1. The van der Waals surface area contributed by atoms with E-state index in [1.165, 1.54) is 6.07 Å². The van der Waals surface area contributed by atoms with Crippen LogP contribution in [0.2, 0.25) is 0 Å². The third-order valence-corrected chi connectivity index (χ3v) is 3.09. The summed E-state index contributed by atoms with van der Waals surface area (Å²) >= 11 is 0. The van der Waals surface area contributed by atoms with Crippen molar-refractivity contribution < 1.29 is 14.2 Å². The van der Waals surface area contributed by atoms with Gasteiger partial charge in [0, 0.05) is 31.8 Å². The Morgan fingerprint density at radius 1 is 1.37 bits per heavy atom. The van der Waals surface area contributed by atoms with E-state index in [-0.39, 0.29) is 24.5 Å². The number of halogens is 1. The summed E-state index contributed by atoms with van der Waals surface area (Å²) in [5, 5.41) is 9.17. The number of methoxy groups -OCH3 is 1. The molecule has 0 heterocycles. The molecule has 3 N–H and O–H groups in total. The maximum absolute atomic E-state index is 13.9. The lowest BCUT2D eigenvalue weighted by Gasteiger charge is -2.34. The Morgan fingerprint density at radius 3 is 2.58 bits per heavy atom. The van der Waals surface area contributed by atoms with Crippen LogP contribution in [0.4, 0.5) is 4.39 Å². The molecule has 5 heteroatoms. The molecule has 0 saturated heterocycles. The summed E-state index contributed by atoms with van der Waals surface area (Å²) in [5.41, 5.74) is 6.57. The van der Waals surface area contributed by atoms with Gasteiger partial charge in [-0.05, 0) is 13.0 Å². The molecular formula is C14H23FN2O2. The number of benzene rings is 1. The smallest absolute Gasteiger partial charge is 0.128 e. The van der Waals surface area contributed by atoms with E-state index in [4.69, 9.17) is 15.6 Å². The van der Waals surface area contributed by atoms with E-state index in [1.807, 2.05) is 11.8 Å². The third kappa shape index (κ3) is 4.54. The molecule has 19 heavy (non-hydrogen) atoms. The van der Waals surface area contributed by atoms with Gasteiger partial charge < -0.3 is 15.6 Å². The van der Waals surface area contributed by atoms with Crippen molar-refractivity contribution >= 4 is 0 Å². The first kappa shape index (κ1) is 16.0. The molecule has 0 aliphatic rings. The molecule has 108 valence electrons. The largest absolute Gasteiger partial charge is 0.395 e. The summed E-state index contributed by atoms with van der Waals surface area (Å²) in [7, 11) is 1.61. The highest BCUT2D eigenvalue weighted by Gasteiger charge is 2.25. The van der Waals surface area contributed by atoms with E-state index in [0.717, 1.165) is 0 Å². The molecule has 0 aliphatic carbocycles. The molecule has 1 rings (SSSR count). The van der Waals surface area contributed by atoms with Crippen LogP contribution >= 0.6 is 0 Å². The SMILES string of the molecule is COCCN(CCO)C(c1ccccc1F)C(C)N. The zero-order valence-electron chi connectivity index (χ0n) is 11.6. The van der Waals surface area contributed by atoms with Gasteiger partial charge in [0.2, 0.25) is 0 Å². The van der Waals surface area contributed by atoms with Crippen molar-refractivity contribution in [3.05, 3.63) is 35.6 Å². The van der Waals surface area contributed by atoms with Crippen LogP contribution in [0.1, 0.15) is 18.5 Å². The second-order valence-corrected chi connectivity index (χ2v) is 4.58. The van der Waals surface area contributed by atoms with Gasteiger partial charge >= 0.3 is 0 Å². The lowest BCUT2D eigenvalue weighted by atomic mass is 9.98. The van der Waals surface area contributed by atoms with Crippen molar-refractivity contribution in [2.75, 3.05) is 33.4 Å². The minimum atomic E-state index is -0.275. The highest BCUT2D eigenvalue weighted by atomic mass is 19.1. The number of nitrogens with zero attached hydrogens (tertiary/aromatic N) is 1. The first-order chi connectivity index (χ1) is 9.11. The van der Waals surface area contributed by atoms with E-state index in [9.17, 15) is 4.39 Å². The molecule has 0 radical (unpaired) electrons. The summed E-state index contributed by atoms with van der Waals surface area (Å²) < 4.78 is 19.0. The summed E-state index contributed by atoms with van der Waals surface area (Å²) in [6, 6.07) is 6.09. The van der Waals surface area contributed by atoms with Gasteiger partial charge in [-0.2, -0.15) is 0 Å². The average Bonchev–Trinajstić information content (AvgIpc) is 2.38. The number of hydrogen-bond acceptors (Lipinski definition) is 4. The molecule has 0 aromatic heterocycles. The minimum Gasteiger partial charge on any atom is -0.395 e. The summed E-state index contributed by atoms with van der Waals surface area (Å²) in [6.07, 6.45) is 0. The number of aliphatic hydroxyl groups excluding tert-OH is 1. The number of ether oxygens (including phenoxy) is 1. The molecular weight excluding hydrogens is 247 g/mol. The van der Waals surface area contributed by atoms with Crippen molar-refractivity contribution in [3.63, 3.8) is 0 Å². The van der Waals surface area contributed by atoms with Gasteiger partial charge in [-0.15, -0.1) is 0 Å². The zero-order chi connectivity index (χ0) is 14.3. The van der Waals surface area contributed by atoms with Crippen molar-refractivity contribution in [2.24, 2.45) is 5.73 Å². The normalized spacial score (nSPS) is 14.6. The van der Waals surface area contributed by atoms with Crippen LogP contribution in [0, 0.1) is 5.82 Å². The van der Waals surface area contributed by atoms with E-state index in [2.05, 4.69) is 0 Å². The molecule has 0 amide bonds. The predicted molar refractivity (Wildman–Crippen MR) is 73.3 cm³/mol. The van der Waals surface area contributed by atoms with Gasteiger partial charge in [0.15, 0.2) is 0 Å². The van der Waals surface area contributed by atoms with Crippen molar-refractivity contribution in [1.82, 2.24) is 4.90 Å². The van der Waals surface area contributed by atoms with Gasteiger partial charge in [0.1, 0.15) is 5.82 Å². The summed E-state index contributed by atoms with van der Waals surface area (Å²) in [5.74, 6) is -0.273. The van der Waals surface area contributed by atoms with Crippen LogP contribution < -0.4 is 5.73 Å². The molecule has 1 aromatic carbocycles. The quantitative estimate of drug-likeness (QED) is 0.744. The van der Waals surface area contributed by atoms with Gasteiger partial charge in [-0.25, -0.2) is 4.39 Å². The third-order valence-electron chi connectivity index (χ3n) is 3.09. The van der Waals surface area contributed by atoms with Crippen molar-refractivity contribution in [3.8, 4) is 0 Å². The lowest BCUT2D eigenvalue weighted by Crippen LogP contribution is -2.42. The van der Waals surface area contributed by atoms with Crippen LogP contribution in [0.25, 0.3) is 0 Å². The number of rotatable bonds is 8. The van der Waals surface area contributed by atoms with Crippen LogP contribution in [0.3, 0.4) is 0 Å². The highest BCUT2D eigenvalue weighted by Crippen LogP contribution is 2.25. The fourth-order valence-corrected chi connectivity index (χ4v) is 2.25. The monoisotopic (exact) mass is 270 g/mol. The number of nitrogens with two attached hydrogens (primary N) is 1. The highest BCUT2D eigenvalue weighted by molar-refractivity contribution is 5.22. The van der Waals surface area contributed by atoms with Gasteiger partial charge in [0.25, 0.3) is 0 Å². The first-order valence-electron chi connectivity index (χ1n) is 6.45. The summed E-state index contributed by atoms with van der Waals surface area (Å²) in [4.78, 5) is 1.95. The Labute approximate surface area is 114 Å². The average molecular weight is 270 g/mol. The topological polar surface area (TPSA) is 58.7 Å². The van der Waals surface area contributed by atoms with Crippen molar-refractivity contribution in [1.29, 1.82) is 0 Å². The molecule has 1 aromatic rings. The maximum atomic E-state index is 13.9. The zero-order valence-corrected chi connectivity index (χ0v) is 11.6. The van der Waals surface area contributed by atoms with Crippen molar-refractivity contribution in [2.45, 2.75) is 19.0 Å².